The number of hydrogen-bond acceptors (Lipinski definition) is 2. The molecule has 0 atom stereocenters. The van der Waals surface area contributed by atoms with E-state index in [0.717, 1.165) is 35.7 Å². The fraction of sp³-hybridized carbons (Fsp3) is 0.500. The molecule has 0 N–H and O–H groups in total. The second-order valence-corrected chi connectivity index (χ2v) is 5.45. The molecule has 17 heavy (non-hydrogen) atoms. The summed E-state index contributed by atoms with van der Waals surface area (Å²) in [5.41, 5.74) is 0.524. The molecule has 0 radical (unpaired) electrons. The molecule has 0 unspecified atom stereocenters. The summed E-state index contributed by atoms with van der Waals surface area (Å²) in [6, 6.07) is 7.87. The third-order valence-corrected chi connectivity index (χ3v) is 4.39. The van der Waals surface area contributed by atoms with E-state index in [1.807, 2.05) is 24.3 Å². The van der Waals surface area contributed by atoms with Crippen molar-refractivity contribution in [1.82, 2.24) is 0 Å². The molecule has 0 aliphatic heterocycles. The van der Waals surface area contributed by atoms with Gasteiger partial charge in [0.1, 0.15) is 5.60 Å². The van der Waals surface area contributed by atoms with Crippen LogP contribution in [0.15, 0.2) is 28.7 Å². The van der Waals surface area contributed by atoms with Gasteiger partial charge in [0.15, 0.2) is 5.78 Å². The molecular formula is C14H17BrO2. The maximum Gasteiger partial charge on any atom is 0.168 e. The van der Waals surface area contributed by atoms with E-state index in [1.54, 1.807) is 7.11 Å². The Bertz CT molecular complexity index is 408. The topological polar surface area (TPSA) is 26.3 Å². The number of ketones is 1. The number of ether oxygens (including phenoxy) is 1. The lowest BCUT2D eigenvalue weighted by atomic mass is 9.91. The average Bonchev–Trinajstić information content (AvgIpc) is 2.82. The van der Waals surface area contributed by atoms with Crippen LogP contribution in [0.2, 0.25) is 0 Å². The molecule has 1 fully saturated rings. The van der Waals surface area contributed by atoms with Crippen molar-refractivity contribution in [2.75, 3.05) is 7.11 Å². The van der Waals surface area contributed by atoms with Crippen LogP contribution in [0.1, 0.15) is 31.2 Å². The lowest BCUT2D eigenvalue weighted by Gasteiger charge is -2.25. The molecule has 1 aliphatic carbocycles. The van der Waals surface area contributed by atoms with Crippen LogP contribution in [0.5, 0.6) is 0 Å². The van der Waals surface area contributed by atoms with Crippen molar-refractivity contribution >= 4 is 21.7 Å². The summed E-state index contributed by atoms with van der Waals surface area (Å²) in [7, 11) is 1.66. The largest absolute Gasteiger partial charge is 0.370 e. The van der Waals surface area contributed by atoms with Gasteiger partial charge in [0.05, 0.1) is 0 Å². The van der Waals surface area contributed by atoms with Crippen molar-refractivity contribution in [3.63, 3.8) is 0 Å². The average molecular weight is 297 g/mol. The normalized spacial score (nSPS) is 18.2. The fourth-order valence-electron chi connectivity index (χ4n) is 2.52. The molecule has 3 heteroatoms. The summed E-state index contributed by atoms with van der Waals surface area (Å²) in [6.45, 7) is 0. The summed E-state index contributed by atoms with van der Waals surface area (Å²) in [6.07, 6.45) is 4.37. The lowest BCUT2D eigenvalue weighted by molar-refractivity contribution is -0.139. The molecule has 0 amide bonds. The Hall–Kier alpha value is -0.670. The summed E-state index contributed by atoms with van der Waals surface area (Å²) in [4.78, 5) is 12.4. The van der Waals surface area contributed by atoms with Crippen molar-refractivity contribution in [3.8, 4) is 0 Å². The molecule has 1 aromatic carbocycles. The quantitative estimate of drug-likeness (QED) is 0.850. The highest BCUT2D eigenvalue weighted by molar-refractivity contribution is 9.10. The minimum absolute atomic E-state index is 0.212. The smallest absolute Gasteiger partial charge is 0.168 e. The first-order valence-corrected chi connectivity index (χ1v) is 6.79. The van der Waals surface area contributed by atoms with E-state index in [2.05, 4.69) is 15.9 Å². The maximum atomic E-state index is 12.4. The predicted octanol–water partition coefficient (Wildman–Crippen LogP) is 3.52. The van der Waals surface area contributed by atoms with E-state index >= 15 is 0 Å². The van der Waals surface area contributed by atoms with Crippen molar-refractivity contribution in [1.29, 1.82) is 0 Å². The van der Waals surface area contributed by atoms with Gasteiger partial charge in [-0.05, 0) is 37.3 Å². The zero-order chi connectivity index (χ0) is 12.3. The van der Waals surface area contributed by atoms with E-state index in [9.17, 15) is 4.79 Å². The standard InChI is InChI=1S/C14H17BrO2/c1-17-14(8-4-5-9-14)13(16)10-11-6-2-3-7-12(11)15/h2-3,6-7H,4-5,8-10H2,1H3. The van der Waals surface area contributed by atoms with Gasteiger partial charge in [-0.25, -0.2) is 0 Å². The van der Waals surface area contributed by atoms with Crippen molar-refractivity contribution in [2.45, 2.75) is 37.7 Å². The van der Waals surface area contributed by atoms with E-state index in [1.165, 1.54) is 0 Å². The number of hydrogen-bond donors (Lipinski definition) is 0. The number of methoxy groups -OCH3 is 1. The molecule has 1 aliphatic rings. The van der Waals surface area contributed by atoms with Gasteiger partial charge in [0, 0.05) is 18.0 Å². The first-order chi connectivity index (χ1) is 8.18. The molecule has 0 heterocycles. The molecule has 1 aromatic rings. The number of carbonyl (C=O) groups is 1. The lowest BCUT2D eigenvalue weighted by Crippen LogP contribution is -2.38. The van der Waals surface area contributed by atoms with Gasteiger partial charge in [-0.1, -0.05) is 34.1 Å². The minimum atomic E-state index is -0.519. The number of benzene rings is 1. The van der Waals surface area contributed by atoms with Crippen LogP contribution in [0.25, 0.3) is 0 Å². The Kier molecular flexibility index (Phi) is 4.00. The van der Waals surface area contributed by atoms with E-state index in [0.29, 0.717) is 6.42 Å². The Morgan fingerprint density at radius 1 is 1.35 bits per heavy atom. The SMILES string of the molecule is COC1(C(=O)Cc2ccccc2Br)CCCC1. The molecule has 1 saturated carbocycles. The monoisotopic (exact) mass is 296 g/mol. The van der Waals surface area contributed by atoms with Gasteiger partial charge in [0.25, 0.3) is 0 Å². The zero-order valence-electron chi connectivity index (χ0n) is 10.0. The molecule has 92 valence electrons. The van der Waals surface area contributed by atoms with Crippen LogP contribution >= 0.6 is 15.9 Å². The molecular weight excluding hydrogens is 280 g/mol. The highest BCUT2D eigenvalue weighted by Crippen LogP contribution is 2.34. The predicted molar refractivity (Wildman–Crippen MR) is 71.1 cm³/mol. The van der Waals surface area contributed by atoms with Crippen LogP contribution in [0, 0.1) is 0 Å². The fourth-order valence-corrected chi connectivity index (χ4v) is 2.94. The second kappa shape index (κ2) is 5.32. The Morgan fingerprint density at radius 3 is 2.59 bits per heavy atom. The summed E-state index contributed by atoms with van der Waals surface area (Å²) in [5.74, 6) is 0.212. The van der Waals surface area contributed by atoms with Gasteiger partial charge in [-0.2, -0.15) is 0 Å². The highest BCUT2D eigenvalue weighted by atomic mass is 79.9. The summed E-state index contributed by atoms with van der Waals surface area (Å²) < 4.78 is 6.51. The van der Waals surface area contributed by atoms with Gasteiger partial charge < -0.3 is 4.74 Å². The van der Waals surface area contributed by atoms with Crippen LogP contribution < -0.4 is 0 Å². The van der Waals surface area contributed by atoms with E-state index < -0.39 is 5.60 Å². The number of rotatable bonds is 4. The van der Waals surface area contributed by atoms with Gasteiger partial charge in [-0.15, -0.1) is 0 Å². The Labute approximate surface area is 110 Å². The molecule has 0 saturated heterocycles. The van der Waals surface area contributed by atoms with Crippen LogP contribution in [0.3, 0.4) is 0 Å². The van der Waals surface area contributed by atoms with E-state index in [4.69, 9.17) is 4.74 Å². The maximum absolute atomic E-state index is 12.4. The molecule has 2 rings (SSSR count). The molecule has 0 bridgehead atoms. The van der Waals surface area contributed by atoms with Crippen LogP contribution in [-0.4, -0.2) is 18.5 Å². The third-order valence-electron chi connectivity index (χ3n) is 3.62. The number of halogens is 1. The Morgan fingerprint density at radius 2 is 2.00 bits per heavy atom. The van der Waals surface area contributed by atoms with Crippen LogP contribution in [0.4, 0.5) is 0 Å². The van der Waals surface area contributed by atoms with E-state index in [-0.39, 0.29) is 5.78 Å². The number of Topliss-reactive ketones (excluding diaryl/α,β-unsaturated/α-hetero) is 1. The Balaban J connectivity index is 2.14. The number of carbonyl (C=O) groups excluding carboxylic acids is 1. The highest BCUT2D eigenvalue weighted by Gasteiger charge is 2.40. The summed E-state index contributed by atoms with van der Waals surface area (Å²) in [5, 5.41) is 0. The first-order valence-electron chi connectivity index (χ1n) is 6.00. The molecule has 0 spiro atoms. The third kappa shape index (κ3) is 2.61. The van der Waals surface area contributed by atoms with Gasteiger partial charge in [-0.3, -0.25) is 4.79 Å². The first kappa shape index (κ1) is 12.8. The van der Waals surface area contributed by atoms with Crippen LogP contribution in [-0.2, 0) is 16.0 Å². The molecule has 2 nitrogen and oxygen atoms in total. The van der Waals surface area contributed by atoms with Crippen molar-refractivity contribution in [2.24, 2.45) is 0 Å². The van der Waals surface area contributed by atoms with Gasteiger partial charge >= 0.3 is 0 Å². The summed E-state index contributed by atoms with van der Waals surface area (Å²) >= 11 is 3.48. The minimum Gasteiger partial charge on any atom is -0.370 e. The zero-order valence-corrected chi connectivity index (χ0v) is 11.6. The van der Waals surface area contributed by atoms with Gasteiger partial charge in [0.2, 0.25) is 0 Å². The van der Waals surface area contributed by atoms with Crippen molar-refractivity contribution < 1.29 is 9.53 Å². The second-order valence-electron chi connectivity index (χ2n) is 4.60. The molecule has 0 aromatic heterocycles. The van der Waals surface area contributed by atoms with Crippen molar-refractivity contribution in [3.05, 3.63) is 34.3 Å².